The van der Waals surface area contributed by atoms with Crippen LogP contribution in [0.15, 0.2) is 47.4 Å². The van der Waals surface area contributed by atoms with Gasteiger partial charge in [-0.05, 0) is 49.6 Å². The number of benzene rings is 2. The third-order valence-corrected chi connectivity index (χ3v) is 10.0. The lowest BCUT2D eigenvalue weighted by atomic mass is 10.2. The van der Waals surface area contributed by atoms with E-state index in [1.165, 1.54) is 14.7 Å². The summed E-state index contributed by atoms with van der Waals surface area (Å²) >= 11 is 0. The lowest BCUT2D eigenvalue weighted by Crippen LogP contribution is -2.48. The van der Waals surface area contributed by atoms with E-state index in [1.54, 1.807) is 26.2 Å². The number of hydrogen-bond acceptors (Lipinski definition) is 6. The molecule has 8 nitrogen and oxygen atoms in total. The van der Waals surface area contributed by atoms with E-state index in [4.69, 9.17) is 4.74 Å². The van der Waals surface area contributed by atoms with Crippen LogP contribution in [0.25, 0.3) is 0 Å². The van der Waals surface area contributed by atoms with Crippen molar-refractivity contribution in [3.05, 3.63) is 48.0 Å². The van der Waals surface area contributed by atoms with Crippen LogP contribution in [-0.4, -0.2) is 66.7 Å². The number of hydrogen-bond donors (Lipinski definition) is 0. The average molecular weight is 480 g/mol. The van der Waals surface area contributed by atoms with Crippen molar-refractivity contribution in [2.24, 2.45) is 0 Å². The first-order valence-electron chi connectivity index (χ1n) is 10.7. The Bertz CT molecular complexity index is 1190. The van der Waals surface area contributed by atoms with Crippen LogP contribution in [0.5, 0.6) is 5.75 Å². The third kappa shape index (κ3) is 4.31. The fraction of sp³-hybridized carbons (Fsp3) is 0.455. The van der Waals surface area contributed by atoms with Gasteiger partial charge in [0.2, 0.25) is 20.0 Å². The molecular weight excluding hydrogens is 450 g/mol. The van der Waals surface area contributed by atoms with Gasteiger partial charge in [-0.2, -0.15) is 4.31 Å². The zero-order valence-corrected chi connectivity index (χ0v) is 20.0. The maximum Gasteiger partial charge on any atom is 0.243 e. The summed E-state index contributed by atoms with van der Waals surface area (Å²) in [4.78, 5) is 2.29. The van der Waals surface area contributed by atoms with Gasteiger partial charge >= 0.3 is 0 Å². The average Bonchev–Trinajstić information content (AvgIpc) is 2.79. The van der Waals surface area contributed by atoms with Crippen LogP contribution in [0.2, 0.25) is 0 Å². The van der Waals surface area contributed by atoms with Gasteiger partial charge in [-0.1, -0.05) is 18.2 Å². The zero-order valence-electron chi connectivity index (χ0n) is 18.4. The molecule has 2 saturated heterocycles. The first-order chi connectivity index (χ1) is 15.2. The van der Waals surface area contributed by atoms with Gasteiger partial charge in [0, 0.05) is 32.7 Å². The number of ether oxygens (including phenoxy) is 1. The SMILES string of the molecule is COc1ccccc1N1CCN(S(=O)(=O)c2cc(N3CCCCS3(=O)=O)ccc2C)CC1. The minimum atomic E-state index is -3.76. The molecule has 10 heteroatoms. The molecule has 0 spiro atoms. The number of rotatable bonds is 5. The van der Waals surface area contributed by atoms with E-state index in [0.717, 1.165) is 17.9 Å². The molecule has 0 N–H and O–H groups in total. The summed E-state index contributed by atoms with van der Waals surface area (Å²) in [5.74, 6) is 0.850. The predicted molar refractivity (Wildman–Crippen MR) is 126 cm³/mol. The second-order valence-corrected chi connectivity index (χ2v) is 12.0. The van der Waals surface area contributed by atoms with E-state index < -0.39 is 20.0 Å². The number of aryl methyl sites for hydroxylation is 1. The topological polar surface area (TPSA) is 87.2 Å². The Kier molecular flexibility index (Phi) is 6.37. The molecule has 32 heavy (non-hydrogen) atoms. The van der Waals surface area contributed by atoms with Gasteiger partial charge in [-0.25, -0.2) is 16.8 Å². The highest BCUT2D eigenvalue weighted by atomic mass is 32.2. The molecule has 0 radical (unpaired) electrons. The molecule has 2 heterocycles. The van der Waals surface area contributed by atoms with Gasteiger partial charge in [-0.15, -0.1) is 0 Å². The highest BCUT2D eigenvalue weighted by Gasteiger charge is 2.32. The molecule has 174 valence electrons. The van der Waals surface area contributed by atoms with E-state index in [9.17, 15) is 16.8 Å². The first kappa shape index (κ1) is 22.9. The molecule has 2 fully saturated rings. The van der Waals surface area contributed by atoms with Crippen molar-refractivity contribution in [3.8, 4) is 5.75 Å². The first-order valence-corrected chi connectivity index (χ1v) is 13.8. The number of nitrogens with zero attached hydrogens (tertiary/aromatic N) is 3. The van der Waals surface area contributed by atoms with Crippen LogP contribution in [0.3, 0.4) is 0 Å². The monoisotopic (exact) mass is 479 g/mol. The van der Waals surface area contributed by atoms with Crippen LogP contribution in [0, 0.1) is 6.92 Å². The van der Waals surface area contributed by atoms with Crippen molar-refractivity contribution in [1.82, 2.24) is 4.31 Å². The highest BCUT2D eigenvalue weighted by Crippen LogP contribution is 2.32. The van der Waals surface area contributed by atoms with Crippen LogP contribution in [0.1, 0.15) is 18.4 Å². The van der Waals surface area contributed by atoms with Crippen molar-refractivity contribution < 1.29 is 21.6 Å². The van der Waals surface area contributed by atoms with E-state index in [-0.39, 0.29) is 10.6 Å². The molecule has 2 aliphatic heterocycles. The Labute approximate surface area is 190 Å². The standard InChI is InChI=1S/C22H29N3O5S2/c1-18-9-10-19(25-11-5-6-16-31(25,26)27)17-22(18)32(28,29)24-14-12-23(13-15-24)20-7-3-4-8-21(20)30-2/h3-4,7-10,17H,5-6,11-16H2,1-2H3. The number of piperazine rings is 1. The van der Waals surface area contributed by atoms with Gasteiger partial charge in [0.15, 0.2) is 0 Å². The maximum atomic E-state index is 13.5. The fourth-order valence-corrected chi connectivity index (χ4v) is 7.60. The molecule has 4 rings (SSSR count). The highest BCUT2D eigenvalue weighted by molar-refractivity contribution is 7.92. The molecule has 0 aromatic heterocycles. The molecule has 0 atom stereocenters. The summed E-state index contributed by atoms with van der Waals surface area (Å²) in [6.45, 7) is 3.88. The summed E-state index contributed by atoms with van der Waals surface area (Å²) in [5, 5.41) is 0. The number of anilines is 2. The lowest BCUT2D eigenvalue weighted by Gasteiger charge is -2.36. The van der Waals surface area contributed by atoms with E-state index in [2.05, 4.69) is 4.90 Å². The fourth-order valence-electron chi connectivity index (χ4n) is 4.30. The van der Waals surface area contributed by atoms with Crippen LogP contribution in [-0.2, 0) is 20.0 Å². The van der Waals surface area contributed by atoms with Gasteiger partial charge < -0.3 is 9.64 Å². The Morgan fingerprint density at radius 1 is 0.938 bits per heavy atom. The van der Waals surface area contributed by atoms with Crippen molar-refractivity contribution in [3.63, 3.8) is 0 Å². The summed E-state index contributed by atoms with van der Waals surface area (Å²) in [6, 6.07) is 12.6. The number of methoxy groups -OCH3 is 1. The second kappa shape index (κ2) is 8.92. The Morgan fingerprint density at radius 2 is 1.66 bits per heavy atom. The molecular formula is C22H29N3O5S2. The molecule has 0 unspecified atom stereocenters. The molecule has 2 aromatic rings. The zero-order chi connectivity index (χ0) is 22.9. The minimum absolute atomic E-state index is 0.0911. The van der Waals surface area contributed by atoms with Crippen molar-refractivity contribution in [2.45, 2.75) is 24.7 Å². The normalized spacial score (nSPS) is 19.7. The molecule has 0 amide bonds. The number of para-hydroxylation sites is 2. The Morgan fingerprint density at radius 3 is 2.34 bits per heavy atom. The third-order valence-electron chi connectivity index (χ3n) is 6.09. The van der Waals surface area contributed by atoms with E-state index in [1.807, 2.05) is 24.3 Å². The van der Waals surface area contributed by atoms with Gasteiger partial charge in [-0.3, -0.25) is 4.31 Å². The molecule has 0 bridgehead atoms. The quantitative estimate of drug-likeness (QED) is 0.655. The largest absolute Gasteiger partial charge is 0.495 e. The molecule has 0 saturated carbocycles. The van der Waals surface area contributed by atoms with Crippen molar-refractivity contribution >= 4 is 31.4 Å². The number of sulfonamides is 2. The second-order valence-electron chi connectivity index (χ2n) is 8.11. The lowest BCUT2D eigenvalue weighted by molar-refractivity contribution is 0.378. The smallest absolute Gasteiger partial charge is 0.243 e. The minimum Gasteiger partial charge on any atom is -0.495 e. The molecule has 0 aliphatic carbocycles. The van der Waals surface area contributed by atoms with Crippen LogP contribution in [0.4, 0.5) is 11.4 Å². The van der Waals surface area contributed by atoms with Crippen molar-refractivity contribution in [2.75, 3.05) is 54.8 Å². The molecule has 2 aliphatic rings. The molecule has 2 aromatic carbocycles. The van der Waals surface area contributed by atoms with Crippen LogP contribution < -0.4 is 13.9 Å². The summed E-state index contributed by atoms with van der Waals surface area (Å²) in [6.07, 6.45) is 1.40. The van der Waals surface area contributed by atoms with Gasteiger partial charge in [0.05, 0.1) is 29.1 Å². The van der Waals surface area contributed by atoms with E-state index >= 15 is 0 Å². The van der Waals surface area contributed by atoms with Crippen molar-refractivity contribution in [1.29, 1.82) is 0 Å². The summed E-state index contributed by atoms with van der Waals surface area (Å²) in [5.41, 5.74) is 1.97. The Balaban J connectivity index is 1.57. The predicted octanol–water partition coefficient (Wildman–Crippen LogP) is 2.44. The maximum absolute atomic E-state index is 13.5. The summed E-state index contributed by atoms with van der Waals surface area (Å²) in [7, 11) is -5.55. The van der Waals surface area contributed by atoms with Crippen LogP contribution >= 0.6 is 0 Å². The Hall–Kier alpha value is -2.30. The van der Waals surface area contributed by atoms with Gasteiger partial charge in [0.1, 0.15) is 5.75 Å². The van der Waals surface area contributed by atoms with E-state index in [0.29, 0.717) is 50.4 Å². The summed E-state index contributed by atoms with van der Waals surface area (Å²) < 4.78 is 60.2. The van der Waals surface area contributed by atoms with Gasteiger partial charge in [0.25, 0.3) is 0 Å².